The van der Waals surface area contributed by atoms with Crippen LogP contribution < -0.4 is 5.32 Å². The molecule has 7 heteroatoms. The highest BCUT2D eigenvalue weighted by Crippen LogP contribution is 2.44. The number of hydrogen-bond acceptors (Lipinski definition) is 5. The van der Waals surface area contributed by atoms with Gasteiger partial charge in [-0.15, -0.1) is 0 Å². The number of benzene rings is 2. The number of ether oxygens (including phenoxy) is 1. The van der Waals surface area contributed by atoms with E-state index in [1.807, 2.05) is 36.4 Å². The van der Waals surface area contributed by atoms with E-state index in [9.17, 15) is 14.7 Å². The van der Waals surface area contributed by atoms with E-state index in [2.05, 4.69) is 22.4 Å². The standard InChI is InChI=1S/C22H20N2O5/c1-12(2)18-19(20(25)26)29-21(23-18)24-22(27)28-11-17-15-9-5-3-7-13(15)14-8-4-6-10-16(14)17/h3-10,12,17H,11H2,1-2H3,(H,25,26)(H,23,24,27). The lowest BCUT2D eigenvalue weighted by atomic mass is 9.98. The van der Waals surface area contributed by atoms with Crippen molar-refractivity contribution in [3.8, 4) is 11.1 Å². The number of carbonyl (C=O) groups excluding carboxylic acids is 1. The summed E-state index contributed by atoms with van der Waals surface area (Å²) in [6.07, 6.45) is -0.750. The third-order valence-electron chi connectivity index (χ3n) is 4.95. The largest absolute Gasteiger partial charge is 0.475 e. The highest BCUT2D eigenvalue weighted by Gasteiger charge is 2.29. The first kappa shape index (κ1) is 18.7. The molecule has 2 aromatic carbocycles. The normalized spacial score (nSPS) is 12.5. The predicted molar refractivity (Wildman–Crippen MR) is 106 cm³/mol. The van der Waals surface area contributed by atoms with Crippen molar-refractivity contribution in [1.29, 1.82) is 0 Å². The molecule has 1 aliphatic rings. The third kappa shape index (κ3) is 3.47. The minimum atomic E-state index is -1.23. The average Bonchev–Trinajstić information content (AvgIpc) is 3.26. The van der Waals surface area contributed by atoms with Crippen molar-refractivity contribution < 1.29 is 23.8 Å². The molecule has 0 bridgehead atoms. The van der Waals surface area contributed by atoms with E-state index >= 15 is 0 Å². The minimum Gasteiger partial charge on any atom is -0.475 e. The first-order valence-corrected chi connectivity index (χ1v) is 9.31. The fourth-order valence-electron chi connectivity index (χ4n) is 3.65. The summed E-state index contributed by atoms with van der Waals surface area (Å²) in [5.74, 6) is -1.75. The Morgan fingerprint density at radius 3 is 2.21 bits per heavy atom. The highest BCUT2D eigenvalue weighted by atomic mass is 16.6. The quantitative estimate of drug-likeness (QED) is 0.643. The molecule has 148 valence electrons. The fourth-order valence-corrected chi connectivity index (χ4v) is 3.65. The molecule has 1 aliphatic carbocycles. The molecule has 29 heavy (non-hydrogen) atoms. The van der Waals surface area contributed by atoms with Gasteiger partial charge in [0.2, 0.25) is 5.76 Å². The smallest absolute Gasteiger partial charge is 0.415 e. The summed E-state index contributed by atoms with van der Waals surface area (Å²) in [6, 6.07) is 15.9. The second kappa shape index (κ2) is 7.43. The molecule has 0 unspecified atom stereocenters. The van der Waals surface area contributed by atoms with E-state index in [1.165, 1.54) is 0 Å². The van der Waals surface area contributed by atoms with E-state index in [4.69, 9.17) is 9.15 Å². The zero-order valence-corrected chi connectivity index (χ0v) is 16.0. The van der Waals surface area contributed by atoms with Crippen LogP contribution in [0.25, 0.3) is 11.1 Å². The summed E-state index contributed by atoms with van der Waals surface area (Å²) in [4.78, 5) is 27.6. The number of oxazole rings is 1. The topological polar surface area (TPSA) is 102 Å². The molecule has 1 heterocycles. The van der Waals surface area contributed by atoms with Crippen LogP contribution >= 0.6 is 0 Å². The molecule has 0 radical (unpaired) electrons. The third-order valence-corrected chi connectivity index (χ3v) is 4.95. The molecule has 1 aromatic heterocycles. The molecule has 2 N–H and O–H groups in total. The van der Waals surface area contributed by atoms with Crippen molar-refractivity contribution in [1.82, 2.24) is 4.98 Å². The lowest BCUT2D eigenvalue weighted by molar-refractivity contribution is 0.0661. The van der Waals surface area contributed by atoms with Crippen LogP contribution in [-0.2, 0) is 4.74 Å². The fraction of sp³-hybridized carbons (Fsp3) is 0.227. The van der Waals surface area contributed by atoms with Crippen LogP contribution in [0.1, 0.15) is 53.1 Å². The monoisotopic (exact) mass is 392 g/mol. The van der Waals surface area contributed by atoms with Gasteiger partial charge in [0.15, 0.2) is 0 Å². The van der Waals surface area contributed by atoms with Gasteiger partial charge in [0.1, 0.15) is 6.61 Å². The molecule has 1 amide bonds. The summed E-state index contributed by atoms with van der Waals surface area (Å²) in [5.41, 5.74) is 4.75. The van der Waals surface area contributed by atoms with Gasteiger partial charge in [0.25, 0.3) is 0 Å². The van der Waals surface area contributed by atoms with E-state index in [-0.39, 0.29) is 35.9 Å². The Kier molecular flexibility index (Phi) is 4.80. The number of carboxylic acid groups (broad SMARTS) is 1. The van der Waals surface area contributed by atoms with Crippen LogP contribution in [0.4, 0.5) is 10.8 Å². The lowest BCUT2D eigenvalue weighted by Gasteiger charge is -2.13. The van der Waals surface area contributed by atoms with E-state index < -0.39 is 12.1 Å². The lowest BCUT2D eigenvalue weighted by Crippen LogP contribution is -2.18. The second-order valence-corrected chi connectivity index (χ2v) is 7.14. The molecule has 0 fully saturated rings. The van der Waals surface area contributed by atoms with Gasteiger partial charge >= 0.3 is 18.1 Å². The van der Waals surface area contributed by atoms with Gasteiger partial charge in [-0.1, -0.05) is 62.4 Å². The molecule has 0 saturated carbocycles. The predicted octanol–water partition coefficient (Wildman–Crippen LogP) is 4.86. The van der Waals surface area contributed by atoms with Crippen molar-refractivity contribution in [3.63, 3.8) is 0 Å². The Balaban J connectivity index is 1.48. The summed E-state index contributed by atoms with van der Waals surface area (Å²) >= 11 is 0. The molecule has 4 rings (SSSR count). The number of carbonyl (C=O) groups is 2. The van der Waals surface area contributed by atoms with Crippen LogP contribution in [-0.4, -0.2) is 28.8 Å². The van der Waals surface area contributed by atoms with Crippen LogP contribution in [0, 0.1) is 0 Å². The van der Waals surface area contributed by atoms with Crippen LogP contribution in [0.2, 0.25) is 0 Å². The van der Waals surface area contributed by atoms with E-state index in [1.54, 1.807) is 13.8 Å². The summed E-state index contributed by atoms with van der Waals surface area (Å²) in [5, 5.41) is 11.6. The number of aromatic carboxylic acids is 1. The van der Waals surface area contributed by atoms with Gasteiger partial charge < -0.3 is 14.3 Å². The minimum absolute atomic E-state index is 0.0708. The zero-order valence-electron chi connectivity index (χ0n) is 16.0. The van der Waals surface area contributed by atoms with Crippen molar-refractivity contribution in [2.75, 3.05) is 11.9 Å². The number of fused-ring (bicyclic) bond motifs is 3. The number of anilines is 1. The summed E-state index contributed by atoms with van der Waals surface area (Å²) in [7, 11) is 0. The van der Waals surface area contributed by atoms with Gasteiger partial charge in [-0.05, 0) is 28.2 Å². The summed E-state index contributed by atoms with van der Waals surface area (Å²) in [6.45, 7) is 3.73. The Labute approximate surface area is 167 Å². The maximum Gasteiger partial charge on any atom is 0.415 e. The molecule has 0 aliphatic heterocycles. The molecule has 3 aromatic rings. The van der Waals surface area contributed by atoms with Crippen LogP contribution in [0.3, 0.4) is 0 Å². The molecule has 0 atom stereocenters. The Morgan fingerprint density at radius 1 is 1.10 bits per heavy atom. The Morgan fingerprint density at radius 2 is 1.69 bits per heavy atom. The van der Waals surface area contributed by atoms with Gasteiger partial charge in [-0.2, -0.15) is 4.98 Å². The van der Waals surface area contributed by atoms with E-state index in [0.29, 0.717) is 0 Å². The summed E-state index contributed by atoms with van der Waals surface area (Å²) < 4.78 is 10.6. The second-order valence-electron chi connectivity index (χ2n) is 7.14. The number of hydrogen-bond donors (Lipinski definition) is 2. The average molecular weight is 392 g/mol. The first-order valence-electron chi connectivity index (χ1n) is 9.31. The van der Waals surface area contributed by atoms with Crippen molar-refractivity contribution in [3.05, 3.63) is 71.1 Å². The number of aromatic nitrogens is 1. The van der Waals surface area contributed by atoms with Crippen molar-refractivity contribution in [2.24, 2.45) is 0 Å². The number of nitrogens with zero attached hydrogens (tertiary/aromatic N) is 1. The van der Waals surface area contributed by atoms with Crippen molar-refractivity contribution >= 4 is 18.1 Å². The van der Waals surface area contributed by atoms with E-state index in [0.717, 1.165) is 22.3 Å². The molecular formula is C22H20N2O5. The molecule has 0 spiro atoms. The Hall–Kier alpha value is -3.61. The molecule has 0 saturated heterocycles. The molecular weight excluding hydrogens is 372 g/mol. The number of nitrogens with one attached hydrogen (secondary N) is 1. The van der Waals surface area contributed by atoms with Crippen molar-refractivity contribution in [2.45, 2.75) is 25.7 Å². The first-order chi connectivity index (χ1) is 14.0. The van der Waals surface area contributed by atoms with Gasteiger partial charge in [0.05, 0.1) is 5.69 Å². The number of rotatable bonds is 5. The van der Waals surface area contributed by atoms with Crippen LogP contribution in [0.5, 0.6) is 0 Å². The van der Waals surface area contributed by atoms with Gasteiger partial charge in [-0.3, -0.25) is 0 Å². The highest BCUT2D eigenvalue weighted by molar-refractivity contribution is 5.87. The van der Waals surface area contributed by atoms with Crippen LogP contribution in [0.15, 0.2) is 52.9 Å². The number of amides is 1. The SMILES string of the molecule is CC(C)c1nc(NC(=O)OCC2c3ccccc3-c3ccccc32)oc1C(=O)O. The maximum absolute atomic E-state index is 12.3. The maximum atomic E-state index is 12.3. The zero-order chi connectivity index (χ0) is 20.5. The van der Waals surface area contributed by atoms with Gasteiger partial charge in [0, 0.05) is 5.92 Å². The molecule has 7 nitrogen and oxygen atoms in total. The van der Waals surface area contributed by atoms with Gasteiger partial charge in [-0.25, -0.2) is 14.9 Å². The number of carboxylic acids is 1. The Bertz CT molecular complexity index is 1040.